The van der Waals surface area contributed by atoms with Crippen LogP contribution in [0.25, 0.3) is 0 Å². The molecule has 0 aliphatic carbocycles. The number of methoxy groups -OCH3 is 1. The molecule has 0 radical (unpaired) electrons. The molecule has 0 unspecified atom stereocenters. The van der Waals surface area contributed by atoms with Crippen LogP contribution in [0.4, 0.5) is 0 Å². The summed E-state index contributed by atoms with van der Waals surface area (Å²) in [5.74, 6) is -0.323. The Hall–Kier alpha value is -1.05. The van der Waals surface area contributed by atoms with Gasteiger partial charge in [0.2, 0.25) is 0 Å². The van der Waals surface area contributed by atoms with Gasteiger partial charge in [0.05, 0.1) is 18.2 Å². The van der Waals surface area contributed by atoms with E-state index in [1.54, 1.807) is 6.07 Å². The fraction of sp³-hybridized carbons (Fsp3) is 0.200. The van der Waals surface area contributed by atoms with Gasteiger partial charge in [0.15, 0.2) is 0 Å². The summed E-state index contributed by atoms with van der Waals surface area (Å²) in [4.78, 5) is 11.4. The quantitative estimate of drug-likeness (QED) is 0.621. The predicted molar refractivity (Wildman–Crippen MR) is 59.8 cm³/mol. The fourth-order valence-corrected chi connectivity index (χ4v) is 2.15. The number of alkyl halides is 1. The summed E-state index contributed by atoms with van der Waals surface area (Å²) < 4.78 is 5.15. The summed E-state index contributed by atoms with van der Waals surface area (Å²) >= 11 is 8.96. The maximum Gasteiger partial charge on any atom is 0.338 e. The first-order valence-corrected chi connectivity index (χ1v) is 5.34. The largest absolute Gasteiger partial charge is 0.465 e. The zero-order chi connectivity index (χ0) is 11.4. The lowest BCUT2D eigenvalue weighted by molar-refractivity contribution is 0.0599. The lowest BCUT2D eigenvalue weighted by atomic mass is 10.1. The normalized spacial score (nSPS) is 9.47. The molecule has 1 aromatic rings. The number of halogens is 2. The van der Waals surface area contributed by atoms with Crippen molar-refractivity contribution in [2.45, 2.75) is 5.88 Å². The van der Waals surface area contributed by atoms with Crippen LogP contribution in [0.2, 0.25) is 0 Å². The van der Waals surface area contributed by atoms with Gasteiger partial charge >= 0.3 is 5.97 Å². The van der Waals surface area contributed by atoms with Crippen LogP contribution in [-0.2, 0) is 10.6 Å². The average molecular weight is 289 g/mol. The van der Waals surface area contributed by atoms with Crippen molar-refractivity contribution in [1.82, 2.24) is 0 Å². The highest BCUT2D eigenvalue weighted by atomic mass is 79.9. The fourth-order valence-electron chi connectivity index (χ4n) is 1.14. The highest BCUT2D eigenvalue weighted by molar-refractivity contribution is 9.10. The minimum absolute atomic E-state index is 0.139. The monoisotopic (exact) mass is 287 g/mol. The third kappa shape index (κ3) is 2.31. The molecule has 15 heavy (non-hydrogen) atoms. The molecule has 0 bridgehead atoms. The van der Waals surface area contributed by atoms with Gasteiger partial charge in [-0.1, -0.05) is 0 Å². The molecule has 5 heteroatoms. The molecule has 0 fully saturated rings. The minimum atomic E-state index is -0.462. The van der Waals surface area contributed by atoms with E-state index in [0.29, 0.717) is 21.2 Å². The van der Waals surface area contributed by atoms with Crippen molar-refractivity contribution >= 4 is 33.5 Å². The molecular formula is C10H7BrClNO2. The summed E-state index contributed by atoms with van der Waals surface area (Å²) in [5, 5.41) is 8.79. The van der Waals surface area contributed by atoms with E-state index in [2.05, 4.69) is 20.7 Å². The van der Waals surface area contributed by atoms with E-state index in [4.69, 9.17) is 16.9 Å². The molecule has 1 aromatic carbocycles. The van der Waals surface area contributed by atoms with E-state index < -0.39 is 5.97 Å². The van der Waals surface area contributed by atoms with Crippen molar-refractivity contribution in [3.8, 4) is 6.07 Å². The molecule has 0 saturated heterocycles. The lowest BCUT2D eigenvalue weighted by Crippen LogP contribution is -2.06. The van der Waals surface area contributed by atoms with Crippen LogP contribution >= 0.6 is 27.5 Å². The van der Waals surface area contributed by atoms with Gasteiger partial charge in [-0.3, -0.25) is 0 Å². The summed E-state index contributed by atoms with van der Waals surface area (Å²) in [6.45, 7) is 0. The number of hydrogen-bond acceptors (Lipinski definition) is 3. The Labute approximate surface area is 101 Å². The SMILES string of the molecule is COC(=O)c1ccc(C#N)c(Br)c1CCl. The maximum absolute atomic E-state index is 11.4. The van der Waals surface area contributed by atoms with E-state index in [1.165, 1.54) is 13.2 Å². The van der Waals surface area contributed by atoms with Crippen molar-refractivity contribution in [2.75, 3.05) is 7.11 Å². The Morgan fingerprint density at radius 2 is 2.33 bits per heavy atom. The van der Waals surface area contributed by atoms with Crippen LogP contribution in [0.15, 0.2) is 16.6 Å². The first-order valence-electron chi connectivity index (χ1n) is 4.01. The number of carbonyl (C=O) groups excluding carboxylic acids is 1. The maximum atomic E-state index is 11.4. The molecule has 1 rings (SSSR count). The number of nitriles is 1. The molecule has 0 atom stereocenters. The molecule has 0 aliphatic heterocycles. The van der Waals surface area contributed by atoms with Crippen LogP contribution in [0, 0.1) is 11.3 Å². The molecule has 0 saturated carbocycles. The van der Waals surface area contributed by atoms with Crippen molar-refractivity contribution < 1.29 is 9.53 Å². The highest BCUT2D eigenvalue weighted by Crippen LogP contribution is 2.26. The number of nitrogens with zero attached hydrogens (tertiary/aromatic N) is 1. The van der Waals surface area contributed by atoms with E-state index in [9.17, 15) is 4.79 Å². The number of rotatable bonds is 2. The standard InChI is InChI=1S/C10H7BrClNO2/c1-15-10(14)7-3-2-6(5-13)9(11)8(7)4-12/h2-3H,4H2,1H3. The van der Waals surface area contributed by atoms with Gasteiger partial charge in [-0.2, -0.15) is 5.26 Å². The van der Waals surface area contributed by atoms with E-state index in [0.717, 1.165) is 0 Å². The topological polar surface area (TPSA) is 50.1 Å². The Morgan fingerprint density at radius 1 is 1.67 bits per heavy atom. The van der Waals surface area contributed by atoms with Gasteiger partial charge in [0.25, 0.3) is 0 Å². The molecule has 0 aromatic heterocycles. The van der Waals surface area contributed by atoms with Crippen LogP contribution in [-0.4, -0.2) is 13.1 Å². The molecule has 0 amide bonds. The van der Waals surface area contributed by atoms with Crippen molar-refractivity contribution in [3.05, 3.63) is 33.3 Å². The third-order valence-corrected chi connectivity index (χ3v) is 3.08. The molecular weight excluding hydrogens is 281 g/mol. The first-order chi connectivity index (χ1) is 7.15. The van der Waals surface area contributed by atoms with Crippen molar-refractivity contribution in [3.63, 3.8) is 0 Å². The minimum Gasteiger partial charge on any atom is -0.465 e. The highest BCUT2D eigenvalue weighted by Gasteiger charge is 2.16. The van der Waals surface area contributed by atoms with Gasteiger partial charge in [0.1, 0.15) is 6.07 Å². The van der Waals surface area contributed by atoms with Crippen molar-refractivity contribution in [2.24, 2.45) is 0 Å². The molecule has 3 nitrogen and oxygen atoms in total. The summed E-state index contributed by atoms with van der Waals surface area (Å²) in [5.41, 5.74) is 1.39. The number of ether oxygens (including phenoxy) is 1. The molecule has 78 valence electrons. The molecule has 0 N–H and O–H groups in total. The molecule has 0 aliphatic rings. The smallest absolute Gasteiger partial charge is 0.338 e. The summed E-state index contributed by atoms with van der Waals surface area (Å²) in [6, 6.07) is 5.08. The van der Waals surface area contributed by atoms with Crippen LogP contribution < -0.4 is 0 Å². The zero-order valence-corrected chi connectivity index (χ0v) is 10.2. The molecule has 0 spiro atoms. The Bertz CT molecular complexity index is 440. The number of carbonyl (C=O) groups is 1. The first kappa shape index (κ1) is 12.0. The van der Waals surface area contributed by atoms with Crippen molar-refractivity contribution in [1.29, 1.82) is 5.26 Å². The van der Waals surface area contributed by atoms with Crippen LogP contribution in [0.1, 0.15) is 21.5 Å². The van der Waals surface area contributed by atoms with Gasteiger partial charge in [0, 0.05) is 10.4 Å². The van der Waals surface area contributed by atoms with Gasteiger partial charge < -0.3 is 4.74 Å². The number of benzene rings is 1. The van der Waals surface area contributed by atoms with Gasteiger partial charge in [-0.25, -0.2) is 4.79 Å². The van der Waals surface area contributed by atoms with E-state index in [1.807, 2.05) is 6.07 Å². The third-order valence-electron chi connectivity index (χ3n) is 1.90. The van der Waals surface area contributed by atoms with Crippen LogP contribution in [0.5, 0.6) is 0 Å². The summed E-state index contributed by atoms with van der Waals surface area (Å²) in [7, 11) is 1.30. The molecule has 0 heterocycles. The van der Waals surface area contributed by atoms with E-state index in [-0.39, 0.29) is 5.88 Å². The Morgan fingerprint density at radius 3 is 2.80 bits per heavy atom. The van der Waals surface area contributed by atoms with Gasteiger partial charge in [-0.15, -0.1) is 11.6 Å². The summed E-state index contributed by atoms with van der Waals surface area (Å²) in [6.07, 6.45) is 0. The second kappa shape index (κ2) is 5.15. The lowest BCUT2D eigenvalue weighted by Gasteiger charge is -2.08. The zero-order valence-electron chi connectivity index (χ0n) is 7.88. The Kier molecular flexibility index (Phi) is 4.13. The van der Waals surface area contributed by atoms with Crippen LogP contribution in [0.3, 0.4) is 0 Å². The van der Waals surface area contributed by atoms with Gasteiger partial charge in [-0.05, 0) is 33.6 Å². The van der Waals surface area contributed by atoms with E-state index >= 15 is 0 Å². The second-order valence-corrected chi connectivity index (χ2v) is 3.75. The Balaban J connectivity index is 3.39. The number of esters is 1. The second-order valence-electron chi connectivity index (χ2n) is 2.69. The average Bonchev–Trinajstić information content (AvgIpc) is 2.27. The predicted octanol–water partition coefficient (Wildman–Crippen LogP) is 2.85. The number of hydrogen-bond donors (Lipinski definition) is 0.